The van der Waals surface area contributed by atoms with Gasteiger partial charge in [0.15, 0.2) is 21.5 Å². The van der Waals surface area contributed by atoms with Gasteiger partial charge in [-0.25, -0.2) is 28.1 Å². The average molecular weight is 369 g/mol. The molecule has 3 aromatic rings. The third kappa shape index (κ3) is 2.90. The van der Waals surface area contributed by atoms with Gasteiger partial charge >= 0.3 is 0 Å². The van der Waals surface area contributed by atoms with E-state index in [4.69, 9.17) is 10.1 Å². The molecule has 0 radical (unpaired) electrons. The second kappa shape index (κ2) is 5.98. The summed E-state index contributed by atoms with van der Waals surface area (Å²) in [5.74, 6) is 1.34. The highest BCUT2D eigenvalue weighted by Crippen LogP contribution is 2.35. The van der Waals surface area contributed by atoms with Crippen molar-refractivity contribution in [3.8, 4) is 22.9 Å². The van der Waals surface area contributed by atoms with Crippen LogP contribution in [0.15, 0.2) is 42.9 Å². The van der Waals surface area contributed by atoms with Crippen molar-refractivity contribution in [1.82, 2.24) is 24.7 Å². The smallest absolute Gasteiger partial charge is 0.182 e. The second-order valence-corrected chi connectivity index (χ2v) is 9.10. The van der Waals surface area contributed by atoms with Gasteiger partial charge in [0.2, 0.25) is 0 Å². The van der Waals surface area contributed by atoms with Gasteiger partial charge in [-0.2, -0.15) is 0 Å². The van der Waals surface area contributed by atoms with E-state index in [2.05, 4.69) is 9.97 Å². The van der Waals surface area contributed by atoms with Crippen LogP contribution >= 0.6 is 0 Å². The number of hydrogen-bond acceptors (Lipinski definition) is 6. The normalized spacial score (nSPS) is 21.8. The monoisotopic (exact) mass is 369 g/mol. The third-order valence-electron chi connectivity index (χ3n) is 4.80. The maximum atomic E-state index is 12.1. The van der Waals surface area contributed by atoms with Crippen molar-refractivity contribution in [2.45, 2.75) is 25.8 Å². The molecule has 0 spiro atoms. The van der Waals surface area contributed by atoms with Gasteiger partial charge < -0.3 is 0 Å². The van der Waals surface area contributed by atoms with E-state index in [1.807, 2.05) is 38.1 Å². The van der Waals surface area contributed by atoms with Gasteiger partial charge in [0, 0.05) is 11.8 Å². The molecule has 0 N–H and O–H groups in total. The van der Waals surface area contributed by atoms with Crippen LogP contribution in [0.1, 0.15) is 18.9 Å². The number of rotatable bonds is 3. The van der Waals surface area contributed by atoms with Crippen LogP contribution in [-0.4, -0.2) is 44.7 Å². The highest BCUT2D eigenvalue weighted by atomic mass is 32.2. The Morgan fingerprint density at radius 1 is 1.19 bits per heavy atom. The molecule has 26 heavy (non-hydrogen) atoms. The van der Waals surface area contributed by atoms with Crippen LogP contribution in [0.5, 0.6) is 0 Å². The minimum absolute atomic E-state index is 0.0503. The van der Waals surface area contributed by atoms with Crippen molar-refractivity contribution in [3.63, 3.8) is 0 Å². The summed E-state index contributed by atoms with van der Waals surface area (Å²) in [4.78, 5) is 13.0. The standard InChI is InChI=1S/C18H19N5O2S/c1-13-5-3-4-6-14(13)16-21-17(15-7-9-19-12-20-15)23(22-16)18(2)8-10-26(24,25)11-18/h3-7,9,12H,8,10-11H2,1-2H3. The summed E-state index contributed by atoms with van der Waals surface area (Å²) in [6.07, 6.45) is 3.60. The lowest BCUT2D eigenvalue weighted by Crippen LogP contribution is -2.33. The summed E-state index contributed by atoms with van der Waals surface area (Å²) in [5.41, 5.74) is 1.96. The van der Waals surface area contributed by atoms with Crippen LogP contribution < -0.4 is 0 Å². The van der Waals surface area contributed by atoms with Gasteiger partial charge in [-0.15, -0.1) is 5.10 Å². The predicted octanol–water partition coefficient (Wildman–Crippen LogP) is 2.24. The summed E-state index contributed by atoms with van der Waals surface area (Å²) < 4.78 is 26.0. The molecule has 1 saturated heterocycles. The largest absolute Gasteiger partial charge is 0.245 e. The minimum atomic E-state index is -3.09. The highest BCUT2D eigenvalue weighted by Gasteiger charge is 2.42. The average Bonchev–Trinajstić information content (AvgIpc) is 3.18. The van der Waals surface area contributed by atoms with E-state index in [0.717, 1.165) is 11.1 Å². The Bertz CT molecular complexity index is 1060. The van der Waals surface area contributed by atoms with E-state index in [1.54, 1.807) is 16.9 Å². The van der Waals surface area contributed by atoms with Gasteiger partial charge in [0.05, 0.1) is 17.0 Å². The maximum Gasteiger partial charge on any atom is 0.182 e. The molecule has 1 fully saturated rings. The second-order valence-electron chi connectivity index (χ2n) is 6.92. The summed E-state index contributed by atoms with van der Waals surface area (Å²) in [6.45, 7) is 3.92. The lowest BCUT2D eigenvalue weighted by molar-refractivity contribution is 0.332. The summed E-state index contributed by atoms with van der Waals surface area (Å²) in [5, 5.41) is 4.72. The van der Waals surface area contributed by atoms with Crippen LogP contribution in [0.25, 0.3) is 22.9 Å². The molecule has 1 unspecified atom stereocenters. The lowest BCUT2D eigenvalue weighted by atomic mass is 10.0. The maximum absolute atomic E-state index is 12.1. The molecule has 8 heteroatoms. The Morgan fingerprint density at radius 2 is 2.00 bits per heavy atom. The van der Waals surface area contributed by atoms with Crippen molar-refractivity contribution >= 4 is 9.84 Å². The van der Waals surface area contributed by atoms with E-state index in [9.17, 15) is 8.42 Å². The van der Waals surface area contributed by atoms with Gasteiger partial charge in [-0.3, -0.25) is 0 Å². The number of aryl methyl sites for hydroxylation is 1. The molecule has 0 aliphatic carbocycles. The fourth-order valence-corrected chi connectivity index (χ4v) is 5.48. The number of nitrogens with zero attached hydrogens (tertiary/aromatic N) is 5. The molecule has 3 heterocycles. The minimum Gasteiger partial charge on any atom is -0.245 e. The molecule has 1 aliphatic heterocycles. The first-order valence-electron chi connectivity index (χ1n) is 8.38. The van der Waals surface area contributed by atoms with Gasteiger partial charge in [-0.1, -0.05) is 24.3 Å². The molecule has 0 amide bonds. The van der Waals surface area contributed by atoms with Crippen molar-refractivity contribution in [3.05, 3.63) is 48.4 Å². The van der Waals surface area contributed by atoms with E-state index in [1.165, 1.54) is 6.33 Å². The van der Waals surface area contributed by atoms with Crippen molar-refractivity contribution < 1.29 is 8.42 Å². The van der Waals surface area contributed by atoms with E-state index >= 15 is 0 Å². The van der Waals surface area contributed by atoms with Crippen LogP contribution in [0, 0.1) is 6.92 Å². The molecule has 0 saturated carbocycles. The van der Waals surface area contributed by atoms with Crippen molar-refractivity contribution in [1.29, 1.82) is 0 Å². The van der Waals surface area contributed by atoms with Crippen molar-refractivity contribution in [2.75, 3.05) is 11.5 Å². The molecule has 1 aromatic carbocycles. The third-order valence-corrected chi connectivity index (χ3v) is 6.69. The quantitative estimate of drug-likeness (QED) is 0.703. The first-order valence-corrected chi connectivity index (χ1v) is 10.2. The first kappa shape index (κ1) is 16.8. The Hall–Kier alpha value is -2.61. The fourth-order valence-electron chi connectivity index (χ4n) is 3.38. The zero-order valence-electron chi connectivity index (χ0n) is 14.6. The van der Waals surface area contributed by atoms with Crippen molar-refractivity contribution in [2.24, 2.45) is 0 Å². The Morgan fingerprint density at radius 3 is 2.65 bits per heavy atom. The van der Waals surface area contributed by atoms with Gasteiger partial charge in [-0.05, 0) is 31.9 Å². The molecule has 2 aromatic heterocycles. The lowest BCUT2D eigenvalue weighted by Gasteiger charge is -2.24. The predicted molar refractivity (Wildman–Crippen MR) is 98.1 cm³/mol. The molecule has 4 rings (SSSR count). The zero-order chi connectivity index (χ0) is 18.4. The summed E-state index contributed by atoms with van der Waals surface area (Å²) in [7, 11) is -3.09. The number of hydrogen-bond donors (Lipinski definition) is 0. The number of aromatic nitrogens is 5. The molecule has 134 valence electrons. The van der Waals surface area contributed by atoms with E-state index in [-0.39, 0.29) is 11.5 Å². The molecule has 1 atom stereocenters. The first-order chi connectivity index (χ1) is 12.4. The van der Waals surface area contributed by atoms with Crippen LogP contribution in [-0.2, 0) is 15.4 Å². The molecular weight excluding hydrogens is 350 g/mol. The molecule has 1 aliphatic rings. The zero-order valence-corrected chi connectivity index (χ0v) is 15.4. The van der Waals surface area contributed by atoms with Crippen LogP contribution in [0.4, 0.5) is 0 Å². The SMILES string of the molecule is Cc1ccccc1-c1nc(-c2ccncn2)n(C2(C)CCS(=O)(=O)C2)n1. The summed E-state index contributed by atoms with van der Waals surface area (Å²) in [6, 6.07) is 9.63. The fraction of sp³-hybridized carbons (Fsp3) is 0.333. The Labute approximate surface area is 152 Å². The molecule has 7 nitrogen and oxygen atoms in total. The van der Waals surface area contributed by atoms with E-state index in [0.29, 0.717) is 23.8 Å². The topological polar surface area (TPSA) is 90.6 Å². The number of benzene rings is 1. The van der Waals surface area contributed by atoms with Crippen LogP contribution in [0.2, 0.25) is 0 Å². The Kier molecular flexibility index (Phi) is 3.87. The highest BCUT2D eigenvalue weighted by molar-refractivity contribution is 7.91. The summed E-state index contributed by atoms with van der Waals surface area (Å²) >= 11 is 0. The molecule has 0 bridgehead atoms. The Balaban J connectivity index is 1.91. The van der Waals surface area contributed by atoms with Gasteiger partial charge in [0.1, 0.15) is 12.0 Å². The number of sulfone groups is 1. The molecular formula is C18H19N5O2S. The van der Waals surface area contributed by atoms with E-state index < -0.39 is 15.4 Å². The van der Waals surface area contributed by atoms with Gasteiger partial charge in [0.25, 0.3) is 0 Å². The van der Waals surface area contributed by atoms with Crippen LogP contribution in [0.3, 0.4) is 0 Å².